The molecular formula is C13H13N5O. The van der Waals surface area contributed by atoms with Crippen LogP contribution in [-0.4, -0.2) is 15.0 Å². The molecule has 3 rings (SSSR count). The monoisotopic (exact) mass is 255 g/mol. The molecule has 19 heavy (non-hydrogen) atoms. The van der Waals surface area contributed by atoms with E-state index in [1.54, 1.807) is 23.5 Å². The SMILES string of the molecule is NNC(c1ccoc1)c1cnn(-c2ccccc2)n1. The van der Waals surface area contributed by atoms with Gasteiger partial charge in [0.05, 0.1) is 30.5 Å². The highest BCUT2D eigenvalue weighted by atomic mass is 16.3. The first-order valence-corrected chi connectivity index (χ1v) is 5.84. The van der Waals surface area contributed by atoms with Gasteiger partial charge in [-0.05, 0) is 18.2 Å². The summed E-state index contributed by atoms with van der Waals surface area (Å²) in [5.74, 6) is 5.58. The van der Waals surface area contributed by atoms with E-state index in [0.29, 0.717) is 0 Å². The zero-order chi connectivity index (χ0) is 13.1. The number of rotatable bonds is 4. The lowest BCUT2D eigenvalue weighted by Gasteiger charge is -2.09. The number of nitrogens with one attached hydrogen (secondary N) is 1. The lowest BCUT2D eigenvalue weighted by atomic mass is 10.1. The summed E-state index contributed by atoms with van der Waals surface area (Å²) < 4.78 is 5.06. The second-order valence-electron chi connectivity index (χ2n) is 4.05. The number of hydrazine groups is 1. The van der Waals surface area contributed by atoms with E-state index < -0.39 is 0 Å². The van der Waals surface area contributed by atoms with E-state index in [9.17, 15) is 0 Å². The minimum Gasteiger partial charge on any atom is -0.472 e. The van der Waals surface area contributed by atoms with Gasteiger partial charge < -0.3 is 4.42 Å². The molecule has 96 valence electrons. The Balaban J connectivity index is 1.93. The molecule has 0 saturated heterocycles. The van der Waals surface area contributed by atoms with E-state index in [2.05, 4.69) is 15.6 Å². The van der Waals surface area contributed by atoms with Crippen LogP contribution in [-0.2, 0) is 0 Å². The fourth-order valence-electron chi connectivity index (χ4n) is 1.88. The van der Waals surface area contributed by atoms with Gasteiger partial charge in [-0.2, -0.15) is 15.0 Å². The van der Waals surface area contributed by atoms with Crippen molar-refractivity contribution in [3.8, 4) is 5.69 Å². The molecule has 0 fully saturated rings. The predicted octanol–water partition coefficient (Wildman–Crippen LogP) is 1.41. The number of nitrogens with zero attached hydrogens (tertiary/aromatic N) is 3. The van der Waals surface area contributed by atoms with Gasteiger partial charge in [-0.3, -0.25) is 5.84 Å². The molecule has 1 atom stereocenters. The Morgan fingerprint density at radius 1 is 1.21 bits per heavy atom. The summed E-state index contributed by atoms with van der Waals surface area (Å²) in [6, 6.07) is 11.3. The first-order chi connectivity index (χ1) is 9.38. The van der Waals surface area contributed by atoms with Gasteiger partial charge >= 0.3 is 0 Å². The Labute approximate surface area is 109 Å². The summed E-state index contributed by atoms with van der Waals surface area (Å²) >= 11 is 0. The molecule has 0 bridgehead atoms. The molecule has 2 aromatic heterocycles. The van der Waals surface area contributed by atoms with Crippen LogP contribution in [0.1, 0.15) is 17.3 Å². The average molecular weight is 255 g/mol. The molecule has 0 aliphatic carbocycles. The van der Waals surface area contributed by atoms with E-state index in [1.165, 1.54) is 0 Å². The van der Waals surface area contributed by atoms with E-state index >= 15 is 0 Å². The fraction of sp³-hybridized carbons (Fsp3) is 0.0769. The maximum atomic E-state index is 5.58. The molecule has 0 amide bonds. The van der Waals surface area contributed by atoms with Crippen LogP contribution in [0.25, 0.3) is 5.69 Å². The van der Waals surface area contributed by atoms with Crippen molar-refractivity contribution in [2.24, 2.45) is 5.84 Å². The summed E-state index contributed by atoms with van der Waals surface area (Å²) in [4.78, 5) is 1.57. The maximum absolute atomic E-state index is 5.58. The van der Waals surface area contributed by atoms with Crippen molar-refractivity contribution >= 4 is 0 Å². The quantitative estimate of drug-likeness (QED) is 0.544. The van der Waals surface area contributed by atoms with Crippen LogP contribution < -0.4 is 11.3 Å². The van der Waals surface area contributed by atoms with Crippen molar-refractivity contribution in [3.05, 3.63) is 66.4 Å². The Hall–Kier alpha value is -2.44. The molecule has 3 N–H and O–H groups in total. The minimum absolute atomic E-state index is 0.240. The first kappa shape index (κ1) is 11.6. The molecule has 2 heterocycles. The zero-order valence-electron chi connectivity index (χ0n) is 10.1. The average Bonchev–Trinajstić information content (AvgIpc) is 3.12. The zero-order valence-corrected chi connectivity index (χ0v) is 10.1. The first-order valence-electron chi connectivity index (χ1n) is 5.84. The van der Waals surface area contributed by atoms with Crippen LogP contribution in [0.3, 0.4) is 0 Å². The van der Waals surface area contributed by atoms with Crippen LogP contribution in [0, 0.1) is 0 Å². The molecule has 1 unspecified atom stereocenters. The fourth-order valence-corrected chi connectivity index (χ4v) is 1.88. The molecule has 6 nitrogen and oxygen atoms in total. The Morgan fingerprint density at radius 2 is 2.05 bits per heavy atom. The molecule has 0 saturated carbocycles. The Bertz CT molecular complexity index is 632. The maximum Gasteiger partial charge on any atom is 0.106 e. The summed E-state index contributed by atoms with van der Waals surface area (Å²) in [6.07, 6.45) is 4.91. The Kier molecular flexibility index (Phi) is 3.09. The number of aromatic nitrogens is 3. The van der Waals surface area contributed by atoms with Gasteiger partial charge in [0.15, 0.2) is 0 Å². The van der Waals surface area contributed by atoms with Crippen LogP contribution >= 0.6 is 0 Å². The second kappa shape index (κ2) is 5.05. The molecule has 1 aromatic carbocycles. The van der Waals surface area contributed by atoms with Crippen LogP contribution in [0.4, 0.5) is 0 Å². The highest BCUT2D eigenvalue weighted by molar-refractivity contribution is 5.29. The van der Waals surface area contributed by atoms with E-state index in [1.807, 2.05) is 36.4 Å². The highest BCUT2D eigenvalue weighted by Gasteiger charge is 2.17. The number of furan rings is 1. The number of hydrogen-bond acceptors (Lipinski definition) is 5. The third-order valence-corrected chi connectivity index (χ3v) is 2.84. The molecule has 0 radical (unpaired) electrons. The van der Waals surface area contributed by atoms with Gasteiger partial charge in [0.1, 0.15) is 5.69 Å². The van der Waals surface area contributed by atoms with Crippen molar-refractivity contribution in [1.82, 2.24) is 20.4 Å². The van der Waals surface area contributed by atoms with Gasteiger partial charge in [-0.1, -0.05) is 18.2 Å². The van der Waals surface area contributed by atoms with Crippen molar-refractivity contribution in [3.63, 3.8) is 0 Å². The van der Waals surface area contributed by atoms with E-state index in [0.717, 1.165) is 16.9 Å². The normalized spacial score (nSPS) is 12.5. The summed E-state index contributed by atoms with van der Waals surface area (Å²) in [7, 11) is 0. The highest BCUT2D eigenvalue weighted by Crippen LogP contribution is 2.19. The summed E-state index contributed by atoms with van der Waals surface area (Å²) in [5.41, 5.74) is 5.24. The number of para-hydroxylation sites is 1. The van der Waals surface area contributed by atoms with Crippen LogP contribution in [0.5, 0.6) is 0 Å². The van der Waals surface area contributed by atoms with Crippen molar-refractivity contribution in [1.29, 1.82) is 0 Å². The molecule has 3 aromatic rings. The summed E-state index contributed by atoms with van der Waals surface area (Å²) in [6.45, 7) is 0. The lowest BCUT2D eigenvalue weighted by molar-refractivity contribution is 0.549. The predicted molar refractivity (Wildman–Crippen MR) is 69.2 cm³/mol. The second-order valence-corrected chi connectivity index (χ2v) is 4.05. The molecule has 0 spiro atoms. The lowest BCUT2D eigenvalue weighted by Crippen LogP contribution is -2.28. The van der Waals surface area contributed by atoms with Crippen molar-refractivity contribution in [2.45, 2.75) is 6.04 Å². The van der Waals surface area contributed by atoms with Gasteiger partial charge in [0, 0.05) is 5.56 Å². The van der Waals surface area contributed by atoms with Crippen LogP contribution in [0.15, 0.2) is 59.5 Å². The van der Waals surface area contributed by atoms with E-state index in [4.69, 9.17) is 10.3 Å². The molecule has 6 heteroatoms. The van der Waals surface area contributed by atoms with Gasteiger partial charge in [-0.15, -0.1) is 0 Å². The van der Waals surface area contributed by atoms with E-state index in [-0.39, 0.29) is 6.04 Å². The topological polar surface area (TPSA) is 81.9 Å². The third kappa shape index (κ3) is 2.26. The molecule has 0 aliphatic heterocycles. The molecule has 0 aliphatic rings. The molecular weight excluding hydrogens is 242 g/mol. The van der Waals surface area contributed by atoms with Crippen LogP contribution in [0.2, 0.25) is 0 Å². The van der Waals surface area contributed by atoms with Gasteiger partial charge in [0.2, 0.25) is 0 Å². The van der Waals surface area contributed by atoms with Crippen molar-refractivity contribution < 1.29 is 4.42 Å². The largest absolute Gasteiger partial charge is 0.472 e. The van der Waals surface area contributed by atoms with Crippen molar-refractivity contribution in [2.75, 3.05) is 0 Å². The van der Waals surface area contributed by atoms with Gasteiger partial charge in [0.25, 0.3) is 0 Å². The van der Waals surface area contributed by atoms with Gasteiger partial charge in [-0.25, -0.2) is 5.43 Å². The smallest absolute Gasteiger partial charge is 0.106 e. The number of benzene rings is 1. The summed E-state index contributed by atoms with van der Waals surface area (Å²) in [5, 5.41) is 8.67. The number of hydrogen-bond donors (Lipinski definition) is 2. The standard InChI is InChI=1S/C13H13N5O/c14-16-13(10-6-7-19-9-10)12-8-15-18(17-12)11-4-2-1-3-5-11/h1-9,13,16H,14H2. The number of nitrogens with two attached hydrogens (primary N) is 1. The minimum atomic E-state index is -0.240. The third-order valence-electron chi connectivity index (χ3n) is 2.84. The Morgan fingerprint density at radius 3 is 2.74 bits per heavy atom.